The predicted molar refractivity (Wildman–Crippen MR) is 89.8 cm³/mol. The van der Waals surface area contributed by atoms with Crippen LogP contribution in [0.1, 0.15) is 23.7 Å². The molecule has 0 aromatic heterocycles. The van der Waals surface area contributed by atoms with Crippen molar-refractivity contribution in [2.24, 2.45) is 5.73 Å². The van der Waals surface area contributed by atoms with Crippen LogP contribution in [0.5, 0.6) is 0 Å². The summed E-state index contributed by atoms with van der Waals surface area (Å²) in [4.78, 5) is 23.0. The second kappa shape index (κ2) is 7.51. The molecule has 0 aliphatic heterocycles. The van der Waals surface area contributed by atoms with Gasteiger partial charge in [0.1, 0.15) is 6.54 Å². The van der Waals surface area contributed by atoms with Crippen LogP contribution in [-0.4, -0.2) is 41.4 Å². The molecular weight excluding hydrogens is 328 g/mol. The van der Waals surface area contributed by atoms with E-state index >= 15 is 0 Å². The molecule has 0 saturated carbocycles. The lowest BCUT2D eigenvalue weighted by Crippen LogP contribution is -2.39. The van der Waals surface area contributed by atoms with E-state index in [1.54, 1.807) is 0 Å². The van der Waals surface area contributed by atoms with Crippen LogP contribution in [-0.2, 0) is 19.2 Å². The number of amides is 1. The number of hydrogen-bond acceptors (Lipinski definition) is 4. The van der Waals surface area contributed by atoms with E-state index in [1.807, 2.05) is 6.92 Å². The van der Waals surface area contributed by atoms with Crippen LogP contribution in [0.4, 0.5) is 5.69 Å². The van der Waals surface area contributed by atoms with Crippen LogP contribution >= 0.6 is 11.6 Å². The smallest absolute Gasteiger partial charge is 0.337 e. The number of hydrogen-bond donors (Lipinski definition) is 1. The zero-order valence-electron chi connectivity index (χ0n) is 12.5. The largest absolute Gasteiger partial charge is 0.465 e. The predicted octanol–water partition coefficient (Wildman–Crippen LogP) is 1.46. The van der Waals surface area contributed by atoms with Gasteiger partial charge in [0, 0.05) is 20.5 Å². The number of carbonyl (C=O) groups is 2. The van der Waals surface area contributed by atoms with Gasteiger partial charge in [0.05, 0.1) is 18.4 Å². The highest BCUT2D eigenvalue weighted by molar-refractivity contribution is 8.01. The summed E-state index contributed by atoms with van der Waals surface area (Å²) in [7, 11) is -1.52. The first-order valence-corrected chi connectivity index (χ1v) is 8.74. The van der Waals surface area contributed by atoms with Gasteiger partial charge in [0.15, 0.2) is 0 Å². The van der Waals surface area contributed by atoms with E-state index in [9.17, 15) is 13.8 Å². The van der Waals surface area contributed by atoms with Gasteiger partial charge in [-0.25, -0.2) is 9.00 Å². The number of esters is 1. The summed E-state index contributed by atoms with van der Waals surface area (Å²) < 4.78 is 18.7. The average Bonchev–Trinajstić information content (AvgIpc) is 2.42. The Morgan fingerprint density at radius 2 is 2.05 bits per heavy atom. The minimum Gasteiger partial charge on any atom is -0.465 e. The number of ether oxygens (including phenoxy) is 1. The lowest BCUT2D eigenvalue weighted by molar-refractivity contribution is -0.116. The van der Waals surface area contributed by atoms with Gasteiger partial charge in [0.25, 0.3) is 0 Å². The van der Waals surface area contributed by atoms with Gasteiger partial charge in [-0.15, -0.1) is 0 Å². The Hall–Kier alpha value is -1.73. The molecule has 0 aliphatic rings. The fourth-order valence-electron chi connectivity index (χ4n) is 1.93. The molecule has 1 aromatic rings. The molecule has 1 amide bonds. The van der Waals surface area contributed by atoms with Crippen molar-refractivity contribution in [3.63, 3.8) is 0 Å². The molecule has 122 valence electrons. The second-order valence-electron chi connectivity index (χ2n) is 4.67. The number of benzene rings is 1. The molecule has 2 N–H and O–H groups in total. The van der Waals surface area contributed by atoms with E-state index in [0.717, 1.165) is 0 Å². The van der Waals surface area contributed by atoms with Crippen LogP contribution < -0.4 is 10.0 Å². The topological polar surface area (TPSA) is 89.7 Å². The Balaban J connectivity index is 3.39. The van der Waals surface area contributed by atoms with E-state index in [0.29, 0.717) is 12.1 Å². The van der Waals surface area contributed by atoms with E-state index in [4.69, 9.17) is 17.3 Å². The number of methoxy groups -OCH3 is 1. The van der Waals surface area contributed by atoms with E-state index in [2.05, 4.69) is 10.6 Å². The van der Waals surface area contributed by atoms with Crippen molar-refractivity contribution in [2.75, 3.05) is 23.7 Å². The number of nitrogens with two attached hydrogens (primary N) is 1. The van der Waals surface area contributed by atoms with Crippen molar-refractivity contribution >= 4 is 44.7 Å². The molecule has 22 heavy (non-hydrogen) atoms. The standard InChI is InChI=1S/C14H19ClN2O4S/c1-4-5-22(3,20)17(9-13(16)18)12-7-10(14(19)21-2)6-11(15)8-12/h6-8H,3-5,9H2,1-2H3,(H2,16,18). The fraction of sp³-hybridized carbons (Fsp3) is 0.357. The highest BCUT2D eigenvalue weighted by Crippen LogP contribution is 2.25. The first kappa shape index (κ1) is 18.3. The Morgan fingerprint density at radius 1 is 1.41 bits per heavy atom. The Morgan fingerprint density at radius 3 is 2.55 bits per heavy atom. The summed E-state index contributed by atoms with van der Waals surface area (Å²) in [6.07, 6.45) is 0.613. The Kier molecular flexibility index (Phi) is 6.25. The highest BCUT2D eigenvalue weighted by Gasteiger charge is 2.20. The first-order chi connectivity index (χ1) is 10.2. The Labute approximate surface area is 135 Å². The Bertz CT molecular complexity index is 673. The summed E-state index contributed by atoms with van der Waals surface area (Å²) in [5.41, 5.74) is 5.75. The number of carbonyl (C=O) groups excluding carboxylic acids is 2. The average molecular weight is 347 g/mol. The lowest BCUT2D eigenvalue weighted by atomic mass is 10.2. The van der Waals surface area contributed by atoms with Crippen LogP contribution in [0, 0.1) is 0 Å². The summed E-state index contributed by atoms with van der Waals surface area (Å²) in [6.45, 7) is 1.56. The molecule has 0 aliphatic carbocycles. The molecule has 0 radical (unpaired) electrons. The van der Waals surface area contributed by atoms with Crippen LogP contribution in [0.2, 0.25) is 5.02 Å². The van der Waals surface area contributed by atoms with Crippen molar-refractivity contribution in [3.8, 4) is 0 Å². The van der Waals surface area contributed by atoms with E-state index in [1.165, 1.54) is 29.6 Å². The zero-order valence-corrected chi connectivity index (χ0v) is 14.1. The number of primary amides is 1. The van der Waals surface area contributed by atoms with E-state index in [-0.39, 0.29) is 22.9 Å². The van der Waals surface area contributed by atoms with Crippen LogP contribution in [0.3, 0.4) is 0 Å². The van der Waals surface area contributed by atoms with Crippen molar-refractivity contribution in [1.29, 1.82) is 0 Å². The quantitative estimate of drug-likeness (QED) is 0.598. The number of rotatable bonds is 7. The van der Waals surface area contributed by atoms with Gasteiger partial charge in [-0.05, 0) is 30.5 Å². The third-order valence-electron chi connectivity index (χ3n) is 2.82. The van der Waals surface area contributed by atoms with Gasteiger partial charge in [0.2, 0.25) is 5.91 Å². The van der Waals surface area contributed by atoms with Crippen LogP contribution in [0.15, 0.2) is 18.2 Å². The molecule has 1 aromatic carbocycles. The zero-order chi connectivity index (χ0) is 16.9. The molecule has 1 unspecified atom stereocenters. The lowest BCUT2D eigenvalue weighted by Gasteiger charge is -2.27. The summed E-state index contributed by atoms with van der Waals surface area (Å²) in [5.74, 6) is 2.73. The molecule has 0 heterocycles. The van der Waals surface area contributed by atoms with Gasteiger partial charge in [-0.2, -0.15) is 0 Å². The van der Waals surface area contributed by atoms with Gasteiger partial charge < -0.3 is 10.5 Å². The number of anilines is 1. The molecule has 1 atom stereocenters. The number of nitrogens with zero attached hydrogens (tertiary/aromatic N) is 1. The molecule has 0 fully saturated rings. The second-order valence-corrected chi connectivity index (χ2v) is 7.50. The fourth-order valence-corrected chi connectivity index (χ4v) is 3.87. The van der Waals surface area contributed by atoms with Crippen molar-refractivity contribution in [2.45, 2.75) is 13.3 Å². The maximum atomic E-state index is 12.7. The molecular formula is C14H19ClN2O4S. The van der Waals surface area contributed by atoms with Crippen molar-refractivity contribution in [1.82, 2.24) is 0 Å². The SMILES string of the molecule is C=S(=O)(CCC)N(CC(N)=O)c1cc(Cl)cc(C(=O)OC)c1. The minimum atomic E-state index is -2.76. The normalized spacial score (nSPS) is 13.2. The highest BCUT2D eigenvalue weighted by atomic mass is 35.5. The maximum Gasteiger partial charge on any atom is 0.337 e. The summed E-state index contributed by atoms with van der Waals surface area (Å²) >= 11 is 6.00. The molecule has 0 spiro atoms. The molecule has 1 rings (SSSR count). The van der Waals surface area contributed by atoms with E-state index < -0.39 is 21.6 Å². The third kappa shape index (κ3) is 4.64. The summed E-state index contributed by atoms with van der Waals surface area (Å²) in [5, 5.41) is 0.249. The maximum absolute atomic E-state index is 12.7. The summed E-state index contributed by atoms with van der Waals surface area (Å²) in [6, 6.07) is 4.36. The van der Waals surface area contributed by atoms with Crippen molar-refractivity contribution < 1.29 is 18.5 Å². The first-order valence-electron chi connectivity index (χ1n) is 6.51. The van der Waals surface area contributed by atoms with Crippen LogP contribution in [0.25, 0.3) is 0 Å². The minimum absolute atomic E-state index is 0.186. The molecule has 0 saturated heterocycles. The van der Waals surface area contributed by atoms with Gasteiger partial charge in [-0.1, -0.05) is 18.5 Å². The van der Waals surface area contributed by atoms with Gasteiger partial charge in [-0.3, -0.25) is 9.10 Å². The van der Waals surface area contributed by atoms with Crippen molar-refractivity contribution in [3.05, 3.63) is 28.8 Å². The number of halogens is 1. The molecule has 8 heteroatoms. The molecule has 0 bridgehead atoms. The third-order valence-corrected chi connectivity index (χ3v) is 5.22. The van der Waals surface area contributed by atoms with Gasteiger partial charge >= 0.3 is 5.97 Å². The molecule has 6 nitrogen and oxygen atoms in total. The monoisotopic (exact) mass is 346 g/mol.